The van der Waals surface area contributed by atoms with Crippen LogP contribution in [-0.4, -0.2) is 35.9 Å². The molecule has 0 bridgehead atoms. The summed E-state index contributed by atoms with van der Waals surface area (Å²) in [7, 11) is 0. The first kappa shape index (κ1) is 20.0. The van der Waals surface area contributed by atoms with Crippen molar-refractivity contribution in [1.29, 1.82) is 0 Å². The number of hydrogen-bond donors (Lipinski definition) is 2. The number of carboxylic acid groups (broad SMARTS) is 1. The first-order valence-corrected chi connectivity index (χ1v) is 8.33. The Labute approximate surface area is 157 Å². The van der Waals surface area contributed by atoms with Gasteiger partial charge in [0.25, 0.3) is 5.91 Å². The number of ether oxygens (including phenoxy) is 2. The summed E-state index contributed by atoms with van der Waals surface area (Å²) in [5, 5.41) is 12.6. The third-order valence-corrected chi connectivity index (χ3v) is 3.83. The van der Waals surface area contributed by atoms with Crippen LogP contribution in [0.5, 0.6) is 11.5 Å². The van der Waals surface area contributed by atoms with E-state index in [9.17, 15) is 9.59 Å². The predicted molar refractivity (Wildman–Crippen MR) is 101 cm³/mol. The molecule has 142 valence electrons. The number of nitrogens with one attached hydrogen (secondary N) is 1. The van der Waals surface area contributed by atoms with Gasteiger partial charge in [0, 0.05) is 0 Å². The Bertz CT molecular complexity index is 844. The summed E-state index contributed by atoms with van der Waals surface area (Å²) in [5.74, 6) is -0.331. The van der Waals surface area contributed by atoms with Gasteiger partial charge in [-0.25, -0.2) is 10.2 Å². The largest absolute Gasteiger partial charge is 0.484 e. The number of benzene rings is 2. The number of hydrogen-bond acceptors (Lipinski definition) is 5. The summed E-state index contributed by atoms with van der Waals surface area (Å²) >= 11 is 0. The Morgan fingerprint density at radius 2 is 1.59 bits per heavy atom. The molecule has 0 aliphatic heterocycles. The van der Waals surface area contributed by atoms with Crippen molar-refractivity contribution in [1.82, 2.24) is 5.43 Å². The van der Waals surface area contributed by atoms with Crippen molar-refractivity contribution < 1.29 is 24.2 Å². The van der Waals surface area contributed by atoms with Crippen molar-refractivity contribution in [2.75, 3.05) is 13.2 Å². The van der Waals surface area contributed by atoms with Crippen molar-refractivity contribution >= 4 is 17.6 Å². The van der Waals surface area contributed by atoms with Gasteiger partial charge in [-0.2, -0.15) is 5.10 Å². The van der Waals surface area contributed by atoms with Crippen molar-refractivity contribution in [2.45, 2.75) is 20.8 Å². The van der Waals surface area contributed by atoms with Gasteiger partial charge in [-0.15, -0.1) is 0 Å². The molecule has 2 aromatic rings. The maximum absolute atomic E-state index is 11.9. The van der Waals surface area contributed by atoms with Gasteiger partial charge in [-0.3, -0.25) is 4.79 Å². The molecule has 0 saturated carbocycles. The number of amides is 1. The van der Waals surface area contributed by atoms with E-state index < -0.39 is 12.6 Å². The molecule has 0 aliphatic carbocycles. The Kier molecular flexibility index (Phi) is 6.93. The number of nitrogens with zero attached hydrogens (tertiary/aromatic N) is 1. The second-order valence-corrected chi connectivity index (χ2v) is 5.97. The van der Waals surface area contributed by atoms with Crippen molar-refractivity contribution in [2.24, 2.45) is 5.10 Å². The number of aryl methyl sites for hydroxylation is 2. The van der Waals surface area contributed by atoms with E-state index in [1.54, 1.807) is 31.2 Å². The van der Waals surface area contributed by atoms with Crippen LogP contribution in [0.2, 0.25) is 0 Å². The van der Waals surface area contributed by atoms with Gasteiger partial charge in [0.05, 0.1) is 5.71 Å². The topological polar surface area (TPSA) is 97.2 Å². The second-order valence-electron chi connectivity index (χ2n) is 5.97. The van der Waals surface area contributed by atoms with E-state index in [1.165, 1.54) is 0 Å². The Hall–Kier alpha value is -3.35. The minimum absolute atomic E-state index is 0.138. The Balaban J connectivity index is 1.85. The van der Waals surface area contributed by atoms with Gasteiger partial charge in [0.15, 0.2) is 13.2 Å². The first-order chi connectivity index (χ1) is 12.8. The van der Waals surface area contributed by atoms with Gasteiger partial charge in [0.1, 0.15) is 11.5 Å². The highest BCUT2D eigenvalue weighted by Crippen LogP contribution is 2.16. The number of aliphatic carboxylic acids is 1. The lowest BCUT2D eigenvalue weighted by Gasteiger charge is -2.08. The van der Waals surface area contributed by atoms with E-state index in [1.807, 2.05) is 32.0 Å². The average molecular weight is 370 g/mol. The van der Waals surface area contributed by atoms with E-state index in [4.69, 9.17) is 14.6 Å². The molecule has 0 aromatic heterocycles. The van der Waals surface area contributed by atoms with Crippen molar-refractivity contribution in [3.8, 4) is 11.5 Å². The lowest BCUT2D eigenvalue weighted by atomic mass is 10.1. The monoisotopic (exact) mass is 370 g/mol. The summed E-state index contributed by atoms with van der Waals surface area (Å²) in [6.45, 7) is 5.20. The molecule has 0 aliphatic rings. The van der Waals surface area contributed by atoms with Crippen LogP contribution in [-0.2, 0) is 9.59 Å². The maximum atomic E-state index is 11.9. The molecule has 0 radical (unpaired) electrons. The van der Waals surface area contributed by atoms with Crippen LogP contribution < -0.4 is 14.9 Å². The fourth-order valence-electron chi connectivity index (χ4n) is 2.13. The first-order valence-electron chi connectivity index (χ1n) is 8.33. The molecule has 7 heteroatoms. The van der Waals surface area contributed by atoms with Crippen molar-refractivity contribution in [3.63, 3.8) is 0 Å². The van der Waals surface area contributed by atoms with Crippen molar-refractivity contribution in [3.05, 3.63) is 59.2 Å². The zero-order valence-electron chi connectivity index (χ0n) is 15.5. The average Bonchev–Trinajstić information content (AvgIpc) is 2.65. The number of carboxylic acids is 1. The second kappa shape index (κ2) is 9.38. The summed E-state index contributed by atoms with van der Waals surface area (Å²) in [5.41, 5.74) is 6.07. The summed E-state index contributed by atoms with van der Waals surface area (Å²) < 4.78 is 10.5. The van der Waals surface area contributed by atoms with Gasteiger partial charge >= 0.3 is 5.97 Å². The number of rotatable bonds is 8. The summed E-state index contributed by atoms with van der Waals surface area (Å²) in [4.78, 5) is 22.4. The molecule has 0 spiro atoms. The minimum Gasteiger partial charge on any atom is -0.484 e. The molecule has 7 nitrogen and oxygen atoms in total. The standard InChI is InChI=1S/C20H22N2O5/c1-13-4-7-18(10-14(13)2)26-11-19(23)22-21-15(3)16-5-8-17(9-6-16)27-12-20(24)25/h4-10H,11-12H2,1-3H3,(H,22,23)(H,24,25)/b21-15-. The zero-order chi connectivity index (χ0) is 19.8. The summed E-state index contributed by atoms with van der Waals surface area (Å²) in [6, 6.07) is 12.4. The Morgan fingerprint density at radius 1 is 0.963 bits per heavy atom. The van der Waals surface area contributed by atoms with Gasteiger partial charge < -0.3 is 14.6 Å². The van der Waals surface area contributed by atoms with Crippen LogP contribution >= 0.6 is 0 Å². The molecule has 0 fully saturated rings. The van der Waals surface area contributed by atoms with E-state index in [2.05, 4.69) is 10.5 Å². The molecule has 27 heavy (non-hydrogen) atoms. The molecule has 0 saturated heterocycles. The highest BCUT2D eigenvalue weighted by Gasteiger charge is 2.05. The molecule has 2 aromatic carbocycles. The van der Waals surface area contributed by atoms with E-state index in [-0.39, 0.29) is 12.5 Å². The van der Waals surface area contributed by atoms with E-state index >= 15 is 0 Å². The van der Waals surface area contributed by atoms with Gasteiger partial charge in [-0.05, 0) is 73.9 Å². The van der Waals surface area contributed by atoms with Crippen LogP contribution in [0.4, 0.5) is 0 Å². The highest BCUT2D eigenvalue weighted by molar-refractivity contribution is 5.99. The molecule has 0 heterocycles. The molecule has 0 atom stereocenters. The van der Waals surface area contributed by atoms with Crippen LogP contribution in [0.3, 0.4) is 0 Å². The van der Waals surface area contributed by atoms with E-state index in [0.717, 1.165) is 16.7 Å². The van der Waals surface area contributed by atoms with Gasteiger partial charge in [0.2, 0.25) is 0 Å². The maximum Gasteiger partial charge on any atom is 0.341 e. The van der Waals surface area contributed by atoms with Gasteiger partial charge in [-0.1, -0.05) is 6.07 Å². The van der Waals surface area contributed by atoms with Crippen LogP contribution in [0.25, 0.3) is 0 Å². The predicted octanol–water partition coefficient (Wildman–Crippen LogP) is 2.69. The third-order valence-electron chi connectivity index (χ3n) is 3.83. The fraction of sp³-hybridized carbons (Fsp3) is 0.250. The molecule has 2 N–H and O–H groups in total. The molecular formula is C20H22N2O5. The quantitative estimate of drug-likeness (QED) is 0.550. The molecule has 1 amide bonds. The highest BCUT2D eigenvalue weighted by atomic mass is 16.5. The lowest BCUT2D eigenvalue weighted by molar-refractivity contribution is -0.139. The zero-order valence-corrected chi connectivity index (χ0v) is 15.5. The van der Waals surface area contributed by atoms with E-state index in [0.29, 0.717) is 17.2 Å². The van der Waals surface area contributed by atoms with Crippen LogP contribution in [0, 0.1) is 13.8 Å². The normalized spacial score (nSPS) is 11.0. The lowest BCUT2D eigenvalue weighted by Crippen LogP contribution is -2.25. The van der Waals surface area contributed by atoms with Crippen LogP contribution in [0.1, 0.15) is 23.6 Å². The molecule has 0 unspecified atom stereocenters. The minimum atomic E-state index is -1.04. The Morgan fingerprint density at radius 3 is 2.22 bits per heavy atom. The number of hydrazone groups is 1. The summed E-state index contributed by atoms with van der Waals surface area (Å²) in [6.07, 6.45) is 0. The fourth-order valence-corrected chi connectivity index (χ4v) is 2.13. The molecular weight excluding hydrogens is 348 g/mol. The SMILES string of the molecule is C/C(=N/NC(=O)COc1ccc(C)c(C)c1)c1ccc(OCC(=O)O)cc1. The molecule has 2 rings (SSSR count). The number of carbonyl (C=O) groups is 2. The smallest absolute Gasteiger partial charge is 0.341 e. The third kappa shape index (κ3) is 6.47. The number of carbonyl (C=O) groups excluding carboxylic acids is 1. The van der Waals surface area contributed by atoms with Crippen LogP contribution in [0.15, 0.2) is 47.6 Å².